The molecule has 2 aromatic carbocycles. The molecule has 0 atom stereocenters. The van der Waals surface area contributed by atoms with Gasteiger partial charge in [0.05, 0.1) is 16.7 Å². The fourth-order valence-electron chi connectivity index (χ4n) is 2.58. The number of hydrogen-bond acceptors (Lipinski definition) is 6. The van der Waals surface area contributed by atoms with E-state index in [4.69, 9.17) is 4.74 Å². The van der Waals surface area contributed by atoms with Crippen LogP contribution in [0.1, 0.15) is 26.3 Å². The highest BCUT2D eigenvalue weighted by molar-refractivity contribution is 7.93. The monoisotopic (exact) mass is 406 g/mol. The summed E-state index contributed by atoms with van der Waals surface area (Å²) < 4.78 is 32.4. The number of nitro benzene ring substituents is 1. The molecule has 0 unspecified atom stereocenters. The molecule has 0 saturated heterocycles. The van der Waals surface area contributed by atoms with Gasteiger partial charge in [-0.2, -0.15) is 0 Å². The fraction of sp³-hybridized carbons (Fsp3) is 0.316. The van der Waals surface area contributed by atoms with Crippen LogP contribution in [0.15, 0.2) is 53.4 Å². The van der Waals surface area contributed by atoms with Gasteiger partial charge in [0.2, 0.25) is 0 Å². The predicted octanol–water partition coefficient (Wildman–Crippen LogP) is 3.30. The number of ether oxygens (including phenoxy) is 1. The number of rotatable bonds is 8. The number of hydrogen-bond donors (Lipinski definition) is 0. The van der Waals surface area contributed by atoms with Crippen LogP contribution in [0.4, 0.5) is 11.4 Å². The van der Waals surface area contributed by atoms with Crippen molar-refractivity contribution in [2.24, 2.45) is 0 Å². The third-order valence-corrected chi connectivity index (χ3v) is 5.72. The molecule has 0 aliphatic rings. The standard InChI is InChI=1S/C19H22N2O6S/c1-4-15-9-11-16(12-10-15)20(13-19(22)27-14(2)3)28(25,26)18-8-6-5-7-17(18)21(23)24/h5-12,14H,4,13H2,1-3H3. The van der Waals surface area contributed by atoms with Crippen LogP contribution in [0.3, 0.4) is 0 Å². The molecular weight excluding hydrogens is 384 g/mol. The molecule has 0 aromatic heterocycles. The van der Waals surface area contributed by atoms with Crippen LogP contribution in [0.2, 0.25) is 0 Å². The first-order valence-electron chi connectivity index (χ1n) is 8.71. The van der Waals surface area contributed by atoms with Crippen molar-refractivity contribution < 1.29 is 22.9 Å². The number of aryl methyl sites for hydroxylation is 1. The summed E-state index contributed by atoms with van der Waals surface area (Å²) in [6.45, 7) is 4.65. The SMILES string of the molecule is CCc1ccc(N(CC(=O)OC(C)C)S(=O)(=O)c2ccccc2[N+](=O)[O-])cc1. The average molecular weight is 406 g/mol. The van der Waals surface area contributed by atoms with Crippen LogP contribution in [-0.2, 0) is 26.0 Å². The summed E-state index contributed by atoms with van der Waals surface area (Å²) in [5.74, 6) is -0.753. The Morgan fingerprint density at radius 3 is 2.29 bits per heavy atom. The number of para-hydroxylation sites is 1. The van der Waals surface area contributed by atoms with E-state index in [1.807, 2.05) is 6.92 Å². The van der Waals surface area contributed by atoms with Gasteiger partial charge < -0.3 is 4.74 Å². The van der Waals surface area contributed by atoms with Crippen molar-refractivity contribution in [2.75, 3.05) is 10.8 Å². The highest BCUT2D eigenvalue weighted by atomic mass is 32.2. The van der Waals surface area contributed by atoms with Crippen LogP contribution >= 0.6 is 0 Å². The number of anilines is 1. The lowest BCUT2D eigenvalue weighted by Gasteiger charge is -2.24. The lowest BCUT2D eigenvalue weighted by molar-refractivity contribution is -0.387. The molecule has 0 heterocycles. The van der Waals surface area contributed by atoms with Gasteiger partial charge in [-0.3, -0.25) is 19.2 Å². The summed E-state index contributed by atoms with van der Waals surface area (Å²) >= 11 is 0. The number of sulfonamides is 1. The molecule has 0 amide bonds. The largest absolute Gasteiger partial charge is 0.462 e. The Hall–Kier alpha value is -2.94. The Labute approximate surface area is 163 Å². The molecule has 0 aliphatic carbocycles. The Bertz CT molecular complexity index is 955. The smallest absolute Gasteiger partial charge is 0.327 e. The quantitative estimate of drug-likeness (QED) is 0.378. The third-order valence-electron chi connectivity index (χ3n) is 3.90. The first-order chi connectivity index (χ1) is 13.2. The van der Waals surface area contributed by atoms with E-state index in [1.165, 1.54) is 12.1 Å². The maximum absolute atomic E-state index is 13.2. The Morgan fingerprint density at radius 2 is 1.75 bits per heavy atom. The zero-order chi connectivity index (χ0) is 20.9. The highest BCUT2D eigenvalue weighted by Gasteiger charge is 2.33. The molecule has 150 valence electrons. The van der Waals surface area contributed by atoms with Crippen LogP contribution in [-0.4, -0.2) is 32.0 Å². The van der Waals surface area contributed by atoms with E-state index < -0.39 is 44.1 Å². The number of benzene rings is 2. The topological polar surface area (TPSA) is 107 Å². The summed E-state index contributed by atoms with van der Waals surface area (Å²) in [6, 6.07) is 11.6. The molecule has 9 heteroatoms. The second-order valence-corrected chi connectivity index (χ2v) is 8.13. The lowest BCUT2D eigenvalue weighted by atomic mass is 10.1. The summed E-state index contributed by atoms with van der Waals surface area (Å²) in [7, 11) is -4.39. The first-order valence-corrected chi connectivity index (χ1v) is 10.2. The maximum Gasteiger partial charge on any atom is 0.327 e. The van der Waals surface area contributed by atoms with Crippen molar-refractivity contribution >= 4 is 27.4 Å². The van der Waals surface area contributed by atoms with Crippen molar-refractivity contribution in [3.05, 3.63) is 64.2 Å². The Morgan fingerprint density at radius 1 is 1.14 bits per heavy atom. The minimum atomic E-state index is -4.39. The number of esters is 1. The molecule has 0 saturated carbocycles. The van der Waals surface area contributed by atoms with E-state index in [1.54, 1.807) is 38.1 Å². The van der Waals surface area contributed by atoms with Crippen molar-refractivity contribution in [3.8, 4) is 0 Å². The Balaban J connectivity index is 2.56. The predicted molar refractivity (Wildman–Crippen MR) is 105 cm³/mol. The van der Waals surface area contributed by atoms with Crippen molar-refractivity contribution in [2.45, 2.75) is 38.2 Å². The number of carbonyl (C=O) groups is 1. The molecular formula is C19H22N2O6S. The summed E-state index contributed by atoms with van der Waals surface area (Å²) in [4.78, 5) is 22.2. The van der Waals surface area contributed by atoms with E-state index >= 15 is 0 Å². The van der Waals surface area contributed by atoms with Crippen LogP contribution in [0.25, 0.3) is 0 Å². The second kappa shape index (κ2) is 8.83. The van der Waals surface area contributed by atoms with Crippen molar-refractivity contribution in [1.82, 2.24) is 0 Å². The summed E-state index contributed by atoms with van der Waals surface area (Å²) in [5, 5.41) is 11.3. The number of carbonyl (C=O) groups excluding carboxylic acids is 1. The second-order valence-electron chi connectivity index (χ2n) is 6.30. The zero-order valence-electron chi connectivity index (χ0n) is 15.9. The molecule has 0 fully saturated rings. The van der Waals surface area contributed by atoms with Gasteiger partial charge in [0, 0.05) is 6.07 Å². The van der Waals surface area contributed by atoms with E-state index in [-0.39, 0.29) is 5.69 Å². The van der Waals surface area contributed by atoms with Crippen LogP contribution in [0, 0.1) is 10.1 Å². The van der Waals surface area contributed by atoms with E-state index in [0.29, 0.717) is 0 Å². The molecule has 28 heavy (non-hydrogen) atoms. The number of nitrogens with zero attached hydrogens (tertiary/aromatic N) is 2. The minimum absolute atomic E-state index is 0.219. The van der Waals surface area contributed by atoms with Gasteiger partial charge in [-0.1, -0.05) is 31.2 Å². The van der Waals surface area contributed by atoms with Gasteiger partial charge >= 0.3 is 5.97 Å². The van der Waals surface area contributed by atoms with Gasteiger partial charge in [0.15, 0.2) is 4.90 Å². The molecule has 0 spiro atoms. The van der Waals surface area contributed by atoms with Gasteiger partial charge in [0.25, 0.3) is 15.7 Å². The zero-order valence-corrected chi connectivity index (χ0v) is 16.7. The molecule has 0 bridgehead atoms. The van der Waals surface area contributed by atoms with Gasteiger partial charge in [0.1, 0.15) is 6.54 Å². The molecule has 2 aromatic rings. The molecule has 0 N–H and O–H groups in total. The fourth-order valence-corrected chi connectivity index (χ4v) is 4.14. The molecule has 2 rings (SSSR count). The van der Waals surface area contributed by atoms with E-state index in [0.717, 1.165) is 28.4 Å². The van der Waals surface area contributed by atoms with Crippen molar-refractivity contribution in [3.63, 3.8) is 0 Å². The molecule has 0 aliphatic heterocycles. The van der Waals surface area contributed by atoms with Gasteiger partial charge in [-0.15, -0.1) is 0 Å². The van der Waals surface area contributed by atoms with Crippen LogP contribution < -0.4 is 4.31 Å². The van der Waals surface area contributed by atoms with Crippen LogP contribution in [0.5, 0.6) is 0 Å². The minimum Gasteiger partial charge on any atom is -0.462 e. The van der Waals surface area contributed by atoms with Gasteiger partial charge in [-0.25, -0.2) is 8.42 Å². The third kappa shape index (κ3) is 4.86. The first kappa shape index (κ1) is 21.4. The molecule has 0 radical (unpaired) electrons. The average Bonchev–Trinajstić information content (AvgIpc) is 2.65. The highest BCUT2D eigenvalue weighted by Crippen LogP contribution is 2.30. The lowest BCUT2D eigenvalue weighted by Crippen LogP contribution is -2.37. The van der Waals surface area contributed by atoms with E-state index in [9.17, 15) is 23.3 Å². The van der Waals surface area contributed by atoms with Gasteiger partial charge in [-0.05, 0) is 44.0 Å². The maximum atomic E-state index is 13.2. The Kier molecular flexibility index (Phi) is 6.74. The molecule has 8 nitrogen and oxygen atoms in total. The van der Waals surface area contributed by atoms with Crippen molar-refractivity contribution in [1.29, 1.82) is 0 Å². The van der Waals surface area contributed by atoms with E-state index in [2.05, 4.69) is 0 Å². The summed E-state index contributed by atoms with van der Waals surface area (Å²) in [5.41, 5.74) is 0.641. The number of nitro groups is 1. The summed E-state index contributed by atoms with van der Waals surface area (Å²) in [6.07, 6.45) is 0.331. The normalized spacial score (nSPS) is 11.3.